The topological polar surface area (TPSA) is 54.6 Å². The largest absolute Gasteiger partial charge is 0.497 e. The Morgan fingerprint density at radius 1 is 1.22 bits per heavy atom. The van der Waals surface area contributed by atoms with Gasteiger partial charge in [-0.05, 0) is 30.3 Å². The Hall–Kier alpha value is -2.37. The molecule has 0 saturated carbocycles. The van der Waals surface area contributed by atoms with Crippen molar-refractivity contribution in [3.8, 4) is 5.75 Å². The van der Waals surface area contributed by atoms with Gasteiger partial charge in [-0.2, -0.15) is 0 Å². The molecule has 1 aromatic heterocycles. The van der Waals surface area contributed by atoms with E-state index in [1.807, 2.05) is 24.3 Å². The van der Waals surface area contributed by atoms with Crippen LogP contribution in [-0.2, 0) is 6.54 Å². The van der Waals surface area contributed by atoms with Gasteiger partial charge >= 0.3 is 0 Å². The summed E-state index contributed by atoms with van der Waals surface area (Å²) >= 11 is 0. The zero-order chi connectivity index (χ0) is 16.2. The number of hydrogen-bond acceptors (Lipinski definition) is 4. The standard InChI is InChI=1S/C18H18FNO3/c1-22-13-6-7-18-12(8-13)9-14(23-18)10-20-11-17(21)15-4-2-3-5-16(15)19/h2-9,17,20-21H,10-11H2,1H3. The van der Waals surface area contributed by atoms with Crippen LogP contribution in [0.15, 0.2) is 52.9 Å². The van der Waals surface area contributed by atoms with E-state index in [1.165, 1.54) is 6.07 Å². The first-order chi connectivity index (χ1) is 11.2. The molecule has 120 valence electrons. The number of halogens is 1. The zero-order valence-electron chi connectivity index (χ0n) is 12.8. The molecule has 1 heterocycles. The number of fused-ring (bicyclic) bond motifs is 1. The summed E-state index contributed by atoms with van der Waals surface area (Å²) in [5.74, 6) is 1.11. The molecule has 0 saturated heterocycles. The van der Waals surface area contributed by atoms with Gasteiger partial charge in [0.1, 0.15) is 22.9 Å². The van der Waals surface area contributed by atoms with E-state index in [1.54, 1.807) is 25.3 Å². The molecule has 0 radical (unpaired) electrons. The molecule has 0 aliphatic rings. The number of nitrogens with one attached hydrogen (secondary N) is 1. The SMILES string of the molecule is COc1ccc2oc(CNCC(O)c3ccccc3F)cc2c1. The smallest absolute Gasteiger partial charge is 0.134 e. The van der Waals surface area contributed by atoms with E-state index >= 15 is 0 Å². The van der Waals surface area contributed by atoms with Crippen LogP contribution >= 0.6 is 0 Å². The van der Waals surface area contributed by atoms with E-state index in [2.05, 4.69) is 5.32 Å². The van der Waals surface area contributed by atoms with Gasteiger partial charge in [0.25, 0.3) is 0 Å². The van der Waals surface area contributed by atoms with Crippen LogP contribution in [0.25, 0.3) is 11.0 Å². The second-order valence-corrected chi connectivity index (χ2v) is 5.28. The van der Waals surface area contributed by atoms with Crippen molar-refractivity contribution in [2.75, 3.05) is 13.7 Å². The van der Waals surface area contributed by atoms with Crippen molar-refractivity contribution in [3.05, 3.63) is 65.7 Å². The Bertz CT molecular complexity index is 800. The van der Waals surface area contributed by atoms with Crippen LogP contribution in [0, 0.1) is 5.82 Å². The van der Waals surface area contributed by atoms with Crippen molar-refractivity contribution in [2.24, 2.45) is 0 Å². The first-order valence-electron chi connectivity index (χ1n) is 7.37. The molecular formula is C18H18FNO3. The lowest BCUT2D eigenvalue weighted by Gasteiger charge is -2.12. The molecule has 0 aliphatic heterocycles. The van der Waals surface area contributed by atoms with Gasteiger partial charge < -0.3 is 19.6 Å². The van der Waals surface area contributed by atoms with Crippen LogP contribution in [0.2, 0.25) is 0 Å². The van der Waals surface area contributed by atoms with Crippen molar-refractivity contribution >= 4 is 11.0 Å². The molecule has 1 atom stereocenters. The predicted octanol–water partition coefficient (Wildman–Crippen LogP) is 3.40. The van der Waals surface area contributed by atoms with Crippen LogP contribution in [0.5, 0.6) is 5.75 Å². The molecule has 4 nitrogen and oxygen atoms in total. The summed E-state index contributed by atoms with van der Waals surface area (Å²) in [7, 11) is 1.62. The van der Waals surface area contributed by atoms with E-state index < -0.39 is 11.9 Å². The minimum atomic E-state index is -0.902. The average molecular weight is 315 g/mol. The molecule has 3 rings (SSSR count). The molecule has 3 aromatic rings. The Labute approximate surface area is 133 Å². The van der Waals surface area contributed by atoms with E-state index in [0.717, 1.165) is 22.5 Å². The van der Waals surface area contributed by atoms with Crippen LogP contribution in [0.4, 0.5) is 4.39 Å². The quantitative estimate of drug-likeness (QED) is 0.732. The number of ether oxygens (including phenoxy) is 1. The first kappa shape index (κ1) is 15.5. The van der Waals surface area contributed by atoms with E-state index in [-0.39, 0.29) is 12.1 Å². The van der Waals surface area contributed by atoms with Gasteiger partial charge in [-0.1, -0.05) is 18.2 Å². The lowest BCUT2D eigenvalue weighted by molar-refractivity contribution is 0.169. The number of furan rings is 1. The van der Waals surface area contributed by atoms with E-state index in [4.69, 9.17) is 9.15 Å². The summed E-state index contributed by atoms with van der Waals surface area (Å²) in [6.07, 6.45) is -0.902. The van der Waals surface area contributed by atoms with Gasteiger partial charge in [0, 0.05) is 17.5 Å². The number of rotatable bonds is 6. The minimum Gasteiger partial charge on any atom is -0.497 e. The third kappa shape index (κ3) is 3.52. The van der Waals surface area contributed by atoms with Gasteiger partial charge in [-0.25, -0.2) is 4.39 Å². The third-order valence-corrected chi connectivity index (χ3v) is 3.68. The summed E-state index contributed by atoms with van der Waals surface area (Å²) in [4.78, 5) is 0. The van der Waals surface area contributed by atoms with E-state index in [9.17, 15) is 9.50 Å². The first-order valence-corrected chi connectivity index (χ1v) is 7.37. The Kier molecular flexibility index (Phi) is 4.60. The molecule has 2 N–H and O–H groups in total. The van der Waals surface area contributed by atoms with Gasteiger partial charge in [-0.3, -0.25) is 0 Å². The van der Waals surface area contributed by atoms with Crippen molar-refractivity contribution < 1.29 is 18.7 Å². The van der Waals surface area contributed by atoms with Crippen molar-refractivity contribution in [1.29, 1.82) is 0 Å². The highest BCUT2D eigenvalue weighted by Gasteiger charge is 2.12. The maximum atomic E-state index is 13.6. The average Bonchev–Trinajstić information content (AvgIpc) is 2.96. The number of methoxy groups -OCH3 is 1. The Morgan fingerprint density at radius 2 is 2.04 bits per heavy atom. The zero-order valence-corrected chi connectivity index (χ0v) is 12.8. The minimum absolute atomic E-state index is 0.237. The molecular weight excluding hydrogens is 297 g/mol. The molecule has 23 heavy (non-hydrogen) atoms. The second kappa shape index (κ2) is 6.81. The highest BCUT2D eigenvalue weighted by molar-refractivity contribution is 5.79. The fraction of sp³-hybridized carbons (Fsp3) is 0.222. The number of aliphatic hydroxyl groups excluding tert-OH is 1. The lowest BCUT2D eigenvalue weighted by atomic mass is 10.1. The van der Waals surface area contributed by atoms with Gasteiger partial charge in [0.2, 0.25) is 0 Å². The van der Waals surface area contributed by atoms with Gasteiger partial charge in [-0.15, -0.1) is 0 Å². The van der Waals surface area contributed by atoms with Crippen molar-refractivity contribution in [2.45, 2.75) is 12.6 Å². The lowest BCUT2D eigenvalue weighted by Crippen LogP contribution is -2.21. The molecule has 0 fully saturated rings. The molecule has 2 aromatic carbocycles. The Morgan fingerprint density at radius 3 is 2.83 bits per heavy atom. The fourth-order valence-electron chi connectivity index (χ4n) is 2.48. The predicted molar refractivity (Wildman–Crippen MR) is 85.8 cm³/mol. The summed E-state index contributed by atoms with van der Waals surface area (Å²) in [6.45, 7) is 0.684. The fourth-order valence-corrected chi connectivity index (χ4v) is 2.48. The summed E-state index contributed by atoms with van der Waals surface area (Å²) < 4.78 is 24.5. The number of aliphatic hydroxyl groups is 1. The van der Waals surface area contributed by atoms with Gasteiger partial charge in [0.15, 0.2) is 0 Å². The maximum absolute atomic E-state index is 13.6. The second-order valence-electron chi connectivity index (χ2n) is 5.28. The molecule has 1 unspecified atom stereocenters. The maximum Gasteiger partial charge on any atom is 0.134 e. The molecule has 5 heteroatoms. The Balaban J connectivity index is 1.61. The highest BCUT2D eigenvalue weighted by atomic mass is 19.1. The van der Waals surface area contributed by atoms with Crippen LogP contribution in [0.1, 0.15) is 17.4 Å². The highest BCUT2D eigenvalue weighted by Crippen LogP contribution is 2.24. The van der Waals surface area contributed by atoms with Crippen LogP contribution < -0.4 is 10.1 Å². The number of hydrogen-bond donors (Lipinski definition) is 2. The molecule has 0 spiro atoms. The molecule has 0 bridgehead atoms. The van der Waals surface area contributed by atoms with E-state index in [0.29, 0.717) is 6.54 Å². The normalized spacial score (nSPS) is 12.5. The van der Waals surface area contributed by atoms with Crippen LogP contribution in [-0.4, -0.2) is 18.8 Å². The summed E-state index contributed by atoms with van der Waals surface area (Å²) in [5.41, 5.74) is 1.06. The monoisotopic (exact) mass is 315 g/mol. The summed E-state index contributed by atoms with van der Waals surface area (Å²) in [6, 6.07) is 13.7. The van der Waals surface area contributed by atoms with Crippen molar-refractivity contribution in [1.82, 2.24) is 5.32 Å². The molecule has 0 amide bonds. The number of benzene rings is 2. The van der Waals surface area contributed by atoms with Crippen LogP contribution in [0.3, 0.4) is 0 Å². The molecule has 0 aliphatic carbocycles. The summed E-state index contributed by atoms with van der Waals surface area (Å²) in [5, 5.41) is 14.1. The van der Waals surface area contributed by atoms with Gasteiger partial charge in [0.05, 0.1) is 19.8 Å². The van der Waals surface area contributed by atoms with Crippen molar-refractivity contribution in [3.63, 3.8) is 0 Å². The third-order valence-electron chi connectivity index (χ3n) is 3.68.